The maximum absolute atomic E-state index is 9.83. The highest BCUT2D eigenvalue weighted by Crippen LogP contribution is 2.23. The molecule has 0 aromatic carbocycles. The standard InChI is InChI=1S/C12H21NO2S/c1-12(2,3)10(14)8-13-7-9-5-6-11(15-4)16-9/h5-6,10,13-14H,7-8H2,1-4H3. The van der Waals surface area contributed by atoms with Crippen molar-refractivity contribution < 1.29 is 9.84 Å². The molecule has 92 valence electrons. The van der Waals surface area contributed by atoms with Crippen LogP contribution in [0.4, 0.5) is 0 Å². The van der Waals surface area contributed by atoms with E-state index in [1.165, 1.54) is 4.88 Å². The summed E-state index contributed by atoms with van der Waals surface area (Å²) < 4.78 is 5.12. The zero-order valence-corrected chi connectivity index (χ0v) is 11.2. The fraction of sp³-hybridized carbons (Fsp3) is 0.667. The van der Waals surface area contributed by atoms with Gasteiger partial charge in [-0.1, -0.05) is 20.8 Å². The lowest BCUT2D eigenvalue weighted by Gasteiger charge is -2.25. The molecule has 0 aliphatic heterocycles. The molecule has 0 bridgehead atoms. The molecule has 0 radical (unpaired) electrons. The van der Waals surface area contributed by atoms with Gasteiger partial charge in [-0.15, -0.1) is 11.3 Å². The largest absolute Gasteiger partial charge is 0.487 e. The van der Waals surface area contributed by atoms with Crippen LogP contribution in [-0.2, 0) is 6.54 Å². The van der Waals surface area contributed by atoms with Crippen molar-refractivity contribution in [3.05, 3.63) is 17.0 Å². The van der Waals surface area contributed by atoms with E-state index >= 15 is 0 Å². The Morgan fingerprint density at radius 1 is 1.44 bits per heavy atom. The number of ether oxygens (including phenoxy) is 1. The van der Waals surface area contributed by atoms with Crippen molar-refractivity contribution in [1.82, 2.24) is 5.32 Å². The Kier molecular flexibility index (Phi) is 4.77. The van der Waals surface area contributed by atoms with Gasteiger partial charge in [0.05, 0.1) is 13.2 Å². The third-order valence-corrected chi connectivity index (χ3v) is 3.52. The third-order valence-electron chi connectivity index (χ3n) is 2.47. The first-order valence-electron chi connectivity index (χ1n) is 5.45. The highest BCUT2D eigenvalue weighted by atomic mass is 32.1. The predicted molar refractivity (Wildman–Crippen MR) is 68.0 cm³/mol. The van der Waals surface area contributed by atoms with Gasteiger partial charge >= 0.3 is 0 Å². The van der Waals surface area contributed by atoms with E-state index in [1.54, 1.807) is 18.4 Å². The maximum Gasteiger partial charge on any atom is 0.173 e. The zero-order chi connectivity index (χ0) is 12.2. The topological polar surface area (TPSA) is 41.5 Å². The van der Waals surface area contributed by atoms with E-state index in [2.05, 4.69) is 5.32 Å². The quantitative estimate of drug-likeness (QED) is 0.833. The van der Waals surface area contributed by atoms with Crippen molar-refractivity contribution in [3.63, 3.8) is 0 Å². The van der Waals surface area contributed by atoms with E-state index in [0.29, 0.717) is 6.54 Å². The minimum absolute atomic E-state index is 0.0693. The zero-order valence-electron chi connectivity index (χ0n) is 10.4. The van der Waals surface area contributed by atoms with Gasteiger partial charge in [0.2, 0.25) is 0 Å². The van der Waals surface area contributed by atoms with Crippen molar-refractivity contribution >= 4 is 11.3 Å². The first-order valence-corrected chi connectivity index (χ1v) is 6.26. The van der Waals surface area contributed by atoms with Crippen LogP contribution in [0.5, 0.6) is 5.06 Å². The molecule has 1 unspecified atom stereocenters. The molecule has 0 aliphatic rings. The first kappa shape index (κ1) is 13.5. The van der Waals surface area contributed by atoms with E-state index in [-0.39, 0.29) is 11.5 Å². The van der Waals surface area contributed by atoms with E-state index in [4.69, 9.17) is 4.74 Å². The average molecular weight is 243 g/mol. The summed E-state index contributed by atoms with van der Waals surface area (Å²) in [5.41, 5.74) is -0.0693. The van der Waals surface area contributed by atoms with Crippen LogP contribution in [0.15, 0.2) is 12.1 Å². The van der Waals surface area contributed by atoms with E-state index < -0.39 is 0 Å². The SMILES string of the molecule is COc1ccc(CNCC(O)C(C)(C)C)s1. The highest BCUT2D eigenvalue weighted by Gasteiger charge is 2.21. The molecule has 2 N–H and O–H groups in total. The molecule has 1 heterocycles. The van der Waals surface area contributed by atoms with Crippen LogP contribution >= 0.6 is 11.3 Å². The third kappa shape index (κ3) is 4.12. The Morgan fingerprint density at radius 2 is 2.12 bits per heavy atom. The van der Waals surface area contributed by atoms with Gasteiger partial charge in [0.25, 0.3) is 0 Å². The van der Waals surface area contributed by atoms with Crippen molar-refractivity contribution in [2.75, 3.05) is 13.7 Å². The smallest absolute Gasteiger partial charge is 0.173 e. The van der Waals surface area contributed by atoms with Crippen LogP contribution in [0.25, 0.3) is 0 Å². The van der Waals surface area contributed by atoms with Gasteiger partial charge in [-0.25, -0.2) is 0 Å². The average Bonchev–Trinajstić information content (AvgIpc) is 2.64. The molecule has 0 fully saturated rings. The minimum Gasteiger partial charge on any atom is -0.487 e. The Hall–Kier alpha value is -0.580. The number of nitrogens with one attached hydrogen (secondary N) is 1. The lowest BCUT2D eigenvalue weighted by molar-refractivity contribution is 0.0628. The number of hydrogen-bond donors (Lipinski definition) is 2. The molecule has 3 nitrogen and oxygen atoms in total. The van der Waals surface area contributed by atoms with Gasteiger partial charge in [-0.3, -0.25) is 0 Å². The predicted octanol–water partition coefficient (Wildman–Crippen LogP) is 2.25. The van der Waals surface area contributed by atoms with E-state index in [0.717, 1.165) is 11.6 Å². The van der Waals surface area contributed by atoms with Crippen molar-refractivity contribution in [2.45, 2.75) is 33.4 Å². The number of rotatable bonds is 5. The Balaban J connectivity index is 2.30. The molecule has 0 saturated heterocycles. The van der Waals surface area contributed by atoms with Gasteiger partial charge in [0.15, 0.2) is 5.06 Å². The Bertz CT molecular complexity index is 317. The van der Waals surface area contributed by atoms with Crippen LogP contribution < -0.4 is 10.1 Å². The second kappa shape index (κ2) is 5.66. The van der Waals surface area contributed by atoms with Gasteiger partial charge in [-0.05, 0) is 17.5 Å². The monoisotopic (exact) mass is 243 g/mol. The van der Waals surface area contributed by atoms with Crippen LogP contribution in [0.3, 0.4) is 0 Å². The maximum atomic E-state index is 9.83. The summed E-state index contributed by atoms with van der Waals surface area (Å²) in [6, 6.07) is 4.00. The molecule has 0 aliphatic carbocycles. The van der Waals surface area contributed by atoms with E-state index in [9.17, 15) is 5.11 Å². The number of aliphatic hydroxyl groups is 1. The van der Waals surface area contributed by atoms with Crippen molar-refractivity contribution in [1.29, 1.82) is 0 Å². The second-order valence-electron chi connectivity index (χ2n) is 4.94. The lowest BCUT2D eigenvalue weighted by Crippen LogP contribution is -2.36. The summed E-state index contributed by atoms with van der Waals surface area (Å²) in [5, 5.41) is 14.0. The summed E-state index contributed by atoms with van der Waals surface area (Å²) in [6.45, 7) is 7.50. The van der Waals surface area contributed by atoms with Crippen LogP contribution in [0.1, 0.15) is 25.6 Å². The summed E-state index contributed by atoms with van der Waals surface area (Å²) in [7, 11) is 1.67. The number of thiophene rings is 1. The first-order chi connectivity index (χ1) is 7.43. The lowest BCUT2D eigenvalue weighted by atomic mass is 9.89. The molecule has 0 saturated carbocycles. The molecule has 1 rings (SSSR count). The van der Waals surface area contributed by atoms with E-state index in [1.807, 2.05) is 32.9 Å². The van der Waals surface area contributed by atoms with Gasteiger partial charge in [-0.2, -0.15) is 0 Å². The fourth-order valence-electron chi connectivity index (χ4n) is 1.20. The minimum atomic E-state index is -0.325. The number of hydrogen-bond acceptors (Lipinski definition) is 4. The molecule has 16 heavy (non-hydrogen) atoms. The molecule has 1 aromatic heterocycles. The second-order valence-corrected chi connectivity index (χ2v) is 6.07. The summed E-state index contributed by atoms with van der Waals surface area (Å²) >= 11 is 1.63. The van der Waals surface area contributed by atoms with Gasteiger partial charge in [0.1, 0.15) is 0 Å². The fourth-order valence-corrected chi connectivity index (χ4v) is 1.99. The molecule has 0 amide bonds. The summed E-state index contributed by atoms with van der Waals surface area (Å²) in [6.07, 6.45) is -0.325. The van der Waals surface area contributed by atoms with Gasteiger partial charge < -0.3 is 15.2 Å². The number of methoxy groups -OCH3 is 1. The van der Waals surface area contributed by atoms with Crippen LogP contribution in [-0.4, -0.2) is 24.9 Å². The normalized spacial score (nSPS) is 13.8. The molecule has 0 spiro atoms. The van der Waals surface area contributed by atoms with Crippen LogP contribution in [0, 0.1) is 5.41 Å². The summed E-state index contributed by atoms with van der Waals surface area (Å²) in [5.74, 6) is 0. The Morgan fingerprint density at radius 3 is 2.62 bits per heavy atom. The number of aliphatic hydroxyl groups excluding tert-OH is 1. The van der Waals surface area contributed by atoms with Crippen molar-refractivity contribution in [3.8, 4) is 5.06 Å². The Labute approximate surface area is 101 Å². The molecule has 1 aromatic rings. The van der Waals surface area contributed by atoms with Crippen LogP contribution in [0.2, 0.25) is 0 Å². The molecular formula is C12H21NO2S. The molecular weight excluding hydrogens is 222 g/mol. The van der Waals surface area contributed by atoms with Crippen molar-refractivity contribution in [2.24, 2.45) is 5.41 Å². The summed E-state index contributed by atoms with van der Waals surface area (Å²) in [4.78, 5) is 1.22. The highest BCUT2D eigenvalue weighted by molar-refractivity contribution is 7.13. The van der Waals surface area contributed by atoms with Gasteiger partial charge in [0, 0.05) is 18.0 Å². The molecule has 1 atom stereocenters. The molecule has 4 heteroatoms.